The molecule has 5 nitrogen and oxygen atoms in total. The number of carbonyl (C=O) groups excluding carboxylic acids is 1. The second kappa shape index (κ2) is 6.01. The van der Waals surface area contributed by atoms with E-state index in [1.807, 2.05) is 98.7 Å². The third-order valence-corrected chi connectivity index (χ3v) is 5.71. The molecule has 0 N–H and O–H groups in total. The first-order valence-corrected chi connectivity index (χ1v) is 9.56. The molecule has 0 fully saturated rings. The van der Waals surface area contributed by atoms with Gasteiger partial charge in [0.1, 0.15) is 11.5 Å². The van der Waals surface area contributed by atoms with E-state index < -0.39 is 5.60 Å². The minimum absolute atomic E-state index is 0.312. The Bertz CT molecular complexity index is 1090. The summed E-state index contributed by atoms with van der Waals surface area (Å²) in [6.45, 7) is 0. The van der Waals surface area contributed by atoms with Crippen LogP contribution in [0.15, 0.2) is 60.7 Å². The molecule has 3 aromatic carbocycles. The number of ether oxygens (including phenoxy) is 2. The molecule has 146 valence electrons. The van der Waals surface area contributed by atoms with Crippen LogP contribution in [-0.2, 0) is 10.3 Å². The Hall–Kier alpha value is -3.47. The minimum Gasteiger partial charge on any atom is -0.456 e. The topological polar surface area (TPSA) is 42.0 Å². The van der Waals surface area contributed by atoms with Crippen LogP contribution in [0.3, 0.4) is 0 Å². The van der Waals surface area contributed by atoms with Gasteiger partial charge < -0.3 is 19.3 Å². The van der Waals surface area contributed by atoms with Crippen LogP contribution in [0.2, 0.25) is 0 Å². The first kappa shape index (κ1) is 17.6. The lowest BCUT2D eigenvalue weighted by Gasteiger charge is -2.37. The van der Waals surface area contributed by atoms with E-state index >= 15 is 0 Å². The fourth-order valence-corrected chi connectivity index (χ4v) is 4.21. The fraction of sp³-hybridized carbons (Fsp3) is 0.208. The van der Waals surface area contributed by atoms with Gasteiger partial charge in [-0.2, -0.15) is 0 Å². The summed E-state index contributed by atoms with van der Waals surface area (Å²) in [6, 6.07) is 19.7. The van der Waals surface area contributed by atoms with Crippen molar-refractivity contribution in [2.45, 2.75) is 5.60 Å². The second-order valence-corrected chi connectivity index (χ2v) is 7.87. The Morgan fingerprint density at radius 3 is 1.83 bits per heavy atom. The standard InChI is InChI=1S/C24H22N2O3/c1-25(2)15-9-11-19-21(13-15)28-22-14-16(26(3)4)10-12-20(22)24(19)18-8-6-5-7-17(18)23(27)29-24/h5-14H,1-4H3. The Kier molecular flexibility index (Phi) is 3.65. The molecule has 3 aromatic rings. The average molecular weight is 386 g/mol. The number of benzene rings is 3. The molecular formula is C24H22N2O3. The summed E-state index contributed by atoms with van der Waals surface area (Å²) in [5.41, 5.74) is 4.16. The molecule has 0 amide bonds. The van der Waals surface area contributed by atoms with Crippen molar-refractivity contribution >= 4 is 17.3 Å². The number of esters is 1. The lowest BCUT2D eigenvalue weighted by molar-refractivity contribution is 0.0224. The van der Waals surface area contributed by atoms with Gasteiger partial charge in [0.2, 0.25) is 0 Å². The van der Waals surface area contributed by atoms with Gasteiger partial charge in [-0.25, -0.2) is 4.79 Å². The molecule has 0 aliphatic carbocycles. The summed E-state index contributed by atoms with van der Waals surface area (Å²) in [7, 11) is 7.96. The zero-order valence-corrected chi connectivity index (χ0v) is 16.9. The normalized spacial score (nSPS) is 15.1. The van der Waals surface area contributed by atoms with Gasteiger partial charge in [-0.3, -0.25) is 0 Å². The summed E-state index contributed by atoms with van der Waals surface area (Å²) in [6.07, 6.45) is 0. The average Bonchev–Trinajstić information content (AvgIpc) is 3.01. The first-order chi connectivity index (χ1) is 13.9. The third kappa shape index (κ3) is 2.37. The summed E-state index contributed by atoms with van der Waals surface area (Å²) in [5.74, 6) is 1.08. The molecule has 2 aliphatic rings. The zero-order valence-electron chi connectivity index (χ0n) is 16.9. The van der Waals surface area contributed by atoms with Gasteiger partial charge in [-0.15, -0.1) is 0 Å². The van der Waals surface area contributed by atoms with E-state index in [-0.39, 0.29) is 5.97 Å². The largest absolute Gasteiger partial charge is 0.456 e. The summed E-state index contributed by atoms with van der Waals surface area (Å²) >= 11 is 0. The molecule has 2 heterocycles. The van der Waals surface area contributed by atoms with Crippen LogP contribution >= 0.6 is 0 Å². The monoisotopic (exact) mass is 386 g/mol. The van der Waals surface area contributed by atoms with Gasteiger partial charge in [0.15, 0.2) is 5.60 Å². The fourth-order valence-electron chi connectivity index (χ4n) is 4.21. The molecule has 29 heavy (non-hydrogen) atoms. The van der Waals surface area contributed by atoms with Crippen molar-refractivity contribution in [3.8, 4) is 11.5 Å². The Balaban J connectivity index is 1.83. The maximum atomic E-state index is 12.8. The Morgan fingerprint density at radius 2 is 1.28 bits per heavy atom. The van der Waals surface area contributed by atoms with Crippen molar-refractivity contribution in [1.82, 2.24) is 0 Å². The van der Waals surface area contributed by atoms with Crippen molar-refractivity contribution in [2.75, 3.05) is 38.0 Å². The maximum Gasteiger partial charge on any atom is 0.340 e. The summed E-state index contributed by atoms with van der Waals surface area (Å²) in [4.78, 5) is 16.9. The number of fused-ring (bicyclic) bond motifs is 6. The highest BCUT2D eigenvalue weighted by Crippen LogP contribution is 2.56. The van der Waals surface area contributed by atoms with Crippen LogP contribution < -0.4 is 14.5 Å². The van der Waals surface area contributed by atoms with E-state index in [9.17, 15) is 4.79 Å². The highest BCUT2D eigenvalue weighted by atomic mass is 16.6. The number of hydrogen-bond donors (Lipinski definition) is 0. The molecule has 0 saturated carbocycles. The molecule has 0 saturated heterocycles. The Labute approximate surface area is 170 Å². The molecule has 5 rings (SSSR count). The predicted molar refractivity (Wildman–Crippen MR) is 113 cm³/mol. The SMILES string of the molecule is CN(C)c1ccc2c(c1)Oc1cc(N(C)C)ccc1C21OC(=O)c2ccccc21. The van der Waals surface area contributed by atoms with E-state index in [1.165, 1.54) is 0 Å². The first-order valence-electron chi connectivity index (χ1n) is 9.56. The van der Waals surface area contributed by atoms with Crippen molar-refractivity contribution in [3.63, 3.8) is 0 Å². The number of nitrogens with zero attached hydrogens (tertiary/aromatic N) is 2. The van der Waals surface area contributed by atoms with Crippen molar-refractivity contribution < 1.29 is 14.3 Å². The van der Waals surface area contributed by atoms with E-state index in [2.05, 4.69) is 0 Å². The van der Waals surface area contributed by atoms with Gasteiger partial charge in [-0.05, 0) is 30.3 Å². The molecule has 0 radical (unpaired) electrons. The van der Waals surface area contributed by atoms with Crippen LogP contribution in [0.1, 0.15) is 27.0 Å². The van der Waals surface area contributed by atoms with Crippen LogP contribution in [0.4, 0.5) is 11.4 Å². The van der Waals surface area contributed by atoms with E-state index in [4.69, 9.17) is 9.47 Å². The van der Waals surface area contributed by atoms with E-state index in [0.717, 1.165) is 28.1 Å². The van der Waals surface area contributed by atoms with Gasteiger partial charge >= 0.3 is 5.97 Å². The third-order valence-electron chi connectivity index (χ3n) is 5.71. The quantitative estimate of drug-likeness (QED) is 0.611. The van der Waals surface area contributed by atoms with Gasteiger partial charge in [-0.1, -0.05) is 18.2 Å². The van der Waals surface area contributed by atoms with Gasteiger partial charge in [0, 0.05) is 68.4 Å². The number of hydrogen-bond acceptors (Lipinski definition) is 5. The zero-order chi connectivity index (χ0) is 20.3. The summed E-state index contributed by atoms with van der Waals surface area (Å²) in [5, 5.41) is 0. The van der Waals surface area contributed by atoms with Crippen LogP contribution in [0, 0.1) is 0 Å². The number of rotatable bonds is 2. The number of anilines is 2. The van der Waals surface area contributed by atoms with Crippen LogP contribution in [-0.4, -0.2) is 34.2 Å². The lowest BCUT2D eigenvalue weighted by Crippen LogP contribution is -2.33. The molecule has 2 aliphatic heterocycles. The summed E-state index contributed by atoms with van der Waals surface area (Å²) < 4.78 is 12.5. The highest BCUT2D eigenvalue weighted by Gasteiger charge is 2.53. The highest BCUT2D eigenvalue weighted by molar-refractivity contribution is 5.97. The van der Waals surface area contributed by atoms with Crippen LogP contribution in [0.5, 0.6) is 11.5 Å². The molecule has 0 unspecified atom stereocenters. The lowest BCUT2D eigenvalue weighted by atomic mass is 9.77. The predicted octanol–water partition coefficient (Wildman–Crippen LogP) is 4.39. The molecule has 5 heteroatoms. The smallest absolute Gasteiger partial charge is 0.340 e. The van der Waals surface area contributed by atoms with Crippen LogP contribution in [0.25, 0.3) is 0 Å². The van der Waals surface area contributed by atoms with Crippen molar-refractivity contribution in [3.05, 3.63) is 82.9 Å². The van der Waals surface area contributed by atoms with Gasteiger partial charge in [0.05, 0.1) is 5.56 Å². The van der Waals surface area contributed by atoms with Crippen molar-refractivity contribution in [1.29, 1.82) is 0 Å². The number of carbonyl (C=O) groups is 1. The molecule has 0 aromatic heterocycles. The van der Waals surface area contributed by atoms with E-state index in [0.29, 0.717) is 17.1 Å². The molecule has 0 atom stereocenters. The second-order valence-electron chi connectivity index (χ2n) is 7.87. The maximum absolute atomic E-state index is 12.8. The van der Waals surface area contributed by atoms with E-state index in [1.54, 1.807) is 0 Å². The molecule has 1 spiro atoms. The van der Waals surface area contributed by atoms with Gasteiger partial charge in [0.25, 0.3) is 0 Å². The Morgan fingerprint density at radius 1 is 0.724 bits per heavy atom. The minimum atomic E-state index is -1.01. The molecule has 0 bridgehead atoms. The van der Waals surface area contributed by atoms with Crippen molar-refractivity contribution in [2.24, 2.45) is 0 Å². The molecular weight excluding hydrogens is 364 g/mol.